The van der Waals surface area contributed by atoms with E-state index in [1.165, 1.54) is 4.57 Å². The number of rotatable bonds is 4. The molecule has 3 aromatic rings. The van der Waals surface area contributed by atoms with E-state index >= 15 is 0 Å². The van der Waals surface area contributed by atoms with E-state index in [-0.39, 0.29) is 17.3 Å². The highest BCUT2D eigenvalue weighted by Crippen LogP contribution is 2.21. The number of nitrogens with zero attached hydrogens (tertiary/aromatic N) is 2. The van der Waals surface area contributed by atoms with Crippen LogP contribution in [0.25, 0.3) is 10.9 Å². The summed E-state index contributed by atoms with van der Waals surface area (Å²) in [5, 5.41) is 4.58. The summed E-state index contributed by atoms with van der Waals surface area (Å²) in [6, 6.07) is 9.08. The molecule has 0 aliphatic carbocycles. The SMILES string of the molecule is CN(C)[C@@H](Cn1c(=O)[nH]c2ccccc2c1=O)c1ccsc1. The highest BCUT2D eigenvalue weighted by molar-refractivity contribution is 7.07. The van der Waals surface area contributed by atoms with Crippen molar-refractivity contribution in [3.05, 3.63) is 67.5 Å². The molecule has 22 heavy (non-hydrogen) atoms. The predicted octanol–water partition coefficient (Wildman–Crippen LogP) is 2.05. The maximum atomic E-state index is 12.6. The fraction of sp³-hybridized carbons (Fsp3) is 0.250. The Kier molecular flexibility index (Phi) is 3.96. The largest absolute Gasteiger partial charge is 0.328 e. The summed E-state index contributed by atoms with van der Waals surface area (Å²) >= 11 is 1.61. The van der Waals surface area contributed by atoms with E-state index in [2.05, 4.69) is 4.98 Å². The second-order valence-electron chi connectivity index (χ2n) is 5.43. The van der Waals surface area contributed by atoms with Crippen LogP contribution in [-0.2, 0) is 6.54 Å². The maximum Gasteiger partial charge on any atom is 0.328 e. The van der Waals surface area contributed by atoms with E-state index in [0.717, 1.165) is 5.56 Å². The highest BCUT2D eigenvalue weighted by Gasteiger charge is 2.18. The van der Waals surface area contributed by atoms with Gasteiger partial charge in [-0.25, -0.2) is 4.79 Å². The van der Waals surface area contributed by atoms with Gasteiger partial charge in [0.15, 0.2) is 0 Å². The lowest BCUT2D eigenvalue weighted by molar-refractivity contribution is 0.264. The number of thiophene rings is 1. The summed E-state index contributed by atoms with van der Waals surface area (Å²) in [5.74, 6) is 0. The molecule has 0 saturated heterocycles. The molecule has 0 aliphatic heterocycles. The molecule has 2 aromatic heterocycles. The van der Waals surface area contributed by atoms with Gasteiger partial charge in [-0.2, -0.15) is 11.3 Å². The van der Waals surface area contributed by atoms with E-state index in [9.17, 15) is 9.59 Å². The van der Waals surface area contributed by atoms with Crippen LogP contribution in [0.15, 0.2) is 50.7 Å². The minimum Gasteiger partial charge on any atom is -0.307 e. The van der Waals surface area contributed by atoms with Gasteiger partial charge in [0.25, 0.3) is 5.56 Å². The van der Waals surface area contributed by atoms with Gasteiger partial charge in [0.05, 0.1) is 23.5 Å². The normalized spacial score (nSPS) is 12.9. The molecule has 1 aromatic carbocycles. The maximum absolute atomic E-state index is 12.6. The van der Waals surface area contributed by atoms with Gasteiger partial charge in [0, 0.05) is 0 Å². The lowest BCUT2D eigenvalue weighted by atomic mass is 10.1. The molecule has 1 N–H and O–H groups in total. The van der Waals surface area contributed by atoms with Gasteiger partial charge < -0.3 is 9.88 Å². The molecular weight excluding hydrogens is 298 g/mol. The molecule has 0 aliphatic rings. The van der Waals surface area contributed by atoms with E-state index in [0.29, 0.717) is 17.4 Å². The second kappa shape index (κ2) is 5.90. The quantitative estimate of drug-likeness (QED) is 0.802. The Morgan fingerprint density at radius 1 is 1.23 bits per heavy atom. The number of hydrogen-bond acceptors (Lipinski definition) is 4. The number of nitrogens with one attached hydrogen (secondary N) is 1. The van der Waals surface area contributed by atoms with E-state index in [4.69, 9.17) is 0 Å². The van der Waals surface area contributed by atoms with Crippen LogP contribution < -0.4 is 11.2 Å². The minimum atomic E-state index is -0.370. The van der Waals surface area contributed by atoms with Gasteiger partial charge in [-0.3, -0.25) is 9.36 Å². The number of benzene rings is 1. The number of fused-ring (bicyclic) bond motifs is 1. The van der Waals surface area contributed by atoms with Crippen LogP contribution in [0.1, 0.15) is 11.6 Å². The molecule has 0 amide bonds. The summed E-state index contributed by atoms with van der Waals surface area (Å²) in [5.41, 5.74) is 1.06. The summed E-state index contributed by atoms with van der Waals surface area (Å²) in [6.07, 6.45) is 0. The Bertz CT molecular complexity index is 894. The van der Waals surface area contributed by atoms with Crippen LogP contribution in [0.4, 0.5) is 0 Å². The van der Waals surface area contributed by atoms with Gasteiger partial charge in [-0.1, -0.05) is 12.1 Å². The number of hydrogen-bond donors (Lipinski definition) is 1. The van der Waals surface area contributed by atoms with Crippen LogP contribution >= 0.6 is 11.3 Å². The van der Waals surface area contributed by atoms with Crippen molar-refractivity contribution >= 4 is 22.2 Å². The zero-order valence-electron chi connectivity index (χ0n) is 12.4. The molecule has 0 saturated carbocycles. The molecule has 0 spiro atoms. The van der Waals surface area contributed by atoms with Gasteiger partial charge in [-0.15, -0.1) is 0 Å². The summed E-state index contributed by atoms with van der Waals surface area (Å²) in [6.45, 7) is 0.322. The third-order valence-corrected chi connectivity index (χ3v) is 4.50. The van der Waals surface area contributed by atoms with E-state index in [1.807, 2.05) is 35.8 Å². The zero-order valence-corrected chi connectivity index (χ0v) is 13.3. The van der Waals surface area contributed by atoms with Crippen molar-refractivity contribution in [2.24, 2.45) is 0 Å². The number of aromatic nitrogens is 2. The number of aromatic amines is 1. The lowest BCUT2D eigenvalue weighted by Crippen LogP contribution is -2.39. The van der Waals surface area contributed by atoms with Crippen molar-refractivity contribution in [2.75, 3.05) is 14.1 Å². The monoisotopic (exact) mass is 315 g/mol. The Balaban J connectivity index is 2.10. The molecule has 114 valence electrons. The third kappa shape index (κ3) is 2.63. The predicted molar refractivity (Wildman–Crippen MR) is 89.6 cm³/mol. The highest BCUT2D eigenvalue weighted by atomic mass is 32.1. The standard InChI is InChI=1S/C16H17N3O2S/c1-18(2)14(11-7-8-22-10-11)9-19-15(20)12-5-3-4-6-13(12)17-16(19)21/h3-8,10,14H,9H2,1-2H3,(H,17,21)/t14-/m0/s1. The van der Waals surface area contributed by atoms with Gasteiger partial charge in [-0.05, 0) is 48.6 Å². The average molecular weight is 315 g/mol. The number of likely N-dealkylation sites (N-methyl/N-ethyl adjacent to an activating group) is 1. The Morgan fingerprint density at radius 3 is 2.68 bits per heavy atom. The van der Waals surface area contributed by atoms with E-state index in [1.54, 1.807) is 35.6 Å². The molecule has 0 unspecified atom stereocenters. The first-order chi connectivity index (χ1) is 10.6. The lowest BCUT2D eigenvalue weighted by Gasteiger charge is -2.24. The molecule has 0 radical (unpaired) electrons. The van der Waals surface area contributed by atoms with E-state index < -0.39 is 0 Å². The molecule has 1 atom stereocenters. The van der Waals surface area contributed by atoms with Crippen molar-refractivity contribution in [1.29, 1.82) is 0 Å². The smallest absolute Gasteiger partial charge is 0.307 e. The topological polar surface area (TPSA) is 58.1 Å². The van der Waals surface area contributed by atoms with Crippen molar-refractivity contribution in [3.8, 4) is 0 Å². The van der Waals surface area contributed by atoms with Crippen molar-refractivity contribution < 1.29 is 0 Å². The van der Waals surface area contributed by atoms with Crippen molar-refractivity contribution in [1.82, 2.24) is 14.5 Å². The molecule has 5 nitrogen and oxygen atoms in total. The molecule has 2 heterocycles. The first kappa shape index (κ1) is 14.7. The van der Waals surface area contributed by atoms with Crippen LogP contribution in [0.3, 0.4) is 0 Å². The van der Waals surface area contributed by atoms with Crippen LogP contribution in [-0.4, -0.2) is 28.5 Å². The third-order valence-electron chi connectivity index (χ3n) is 3.80. The van der Waals surface area contributed by atoms with Gasteiger partial charge >= 0.3 is 5.69 Å². The van der Waals surface area contributed by atoms with Crippen LogP contribution in [0.2, 0.25) is 0 Å². The first-order valence-electron chi connectivity index (χ1n) is 6.98. The molecular formula is C16H17N3O2S. The zero-order chi connectivity index (χ0) is 15.7. The first-order valence-corrected chi connectivity index (χ1v) is 7.92. The van der Waals surface area contributed by atoms with Crippen molar-refractivity contribution in [2.45, 2.75) is 12.6 Å². The minimum absolute atomic E-state index is 0.0220. The number of H-pyrrole nitrogens is 1. The molecule has 0 bridgehead atoms. The summed E-state index contributed by atoms with van der Waals surface area (Å²) in [4.78, 5) is 29.7. The molecule has 3 rings (SSSR count). The average Bonchev–Trinajstić information content (AvgIpc) is 3.00. The molecule has 0 fully saturated rings. The summed E-state index contributed by atoms with van der Waals surface area (Å²) in [7, 11) is 3.89. The van der Waals surface area contributed by atoms with Crippen LogP contribution in [0.5, 0.6) is 0 Å². The second-order valence-corrected chi connectivity index (χ2v) is 6.21. The Morgan fingerprint density at radius 2 is 2.00 bits per heavy atom. The number of para-hydroxylation sites is 1. The molecule has 6 heteroatoms. The summed E-state index contributed by atoms with van der Waals surface area (Å²) < 4.78 is 1.28. The van der Waals surface area contributed by atoms with Crippen LogP contribution in [0, 0.1) is 0 Å². The fourth-order valence-corrected chi connectivity index (χ4v) is 3.28. The van der Waals surface area contributed by atoms with Gasteiger partial charge in [0.1, 0.15) is 0 Å². The van der Waals surface area contributed by atoms with Crippen molar-refractivity contribution in [3.63, 3.8) is 0 Å². The van der Waals surface area contributed by atoms with Gasteiger partial charge in [0.2, 0.25) is 0 Å². The fourth-order valence-electron chi connectivity index (χ4n) is 2.57. The Hall–Kier alpha value is -2.18. The Labute approximate surface area is 131 Å².